The molecule has 0 spiro atoms. The van der Waals surface area contributed by atoms with E-state index in [0.717, 1.165) is 42.8 Å². The number of carbonyl (C=O) groups is 1. The number of nitrogens with zero attached hydrogens (tertiary/aromatic N) is 1. The van der Waals surface area contributed by atoms with Crippen LogP contribution in [0.25, 0.3) is 0 Å². The molecule has 0 fully saturated rings. The fraction of sp³-hybridized carbons (Fsp3) is 0.250. The fourth-order valence-electron chi connectivity index (χ4n) is 3.01. The Morgan fingerprint density at radius 3 is 2.34 bits per heavy atom. The van der Waals surface area contributed by atoms with Crippen LogP contribution in [0.4, 0.5) is 5.69 Å². The molecule has 0 saturated heterocycles. The Morgan fingerprint density at radius 2 is 1.66 bits per heavy atom. The number of ether oxygens (including phenoxy) is 1. The summed E-state index contributed by atoms with van der Waals surface area (Å²) in [7, 11) is 1.65. The summed E-state index contributed by atoms with van der Waals surface area (Å²) in [5, 5.41) is 6.26. The number of carbonyl (C=O) groups excluding carboxylic acids is 1. The van der Waals surface area contributed by atoms with Crippen LogP contribution in [0.3, 0.4) is 0 Å². The highest BCUT2D eigenvalue weighted by molar-refractivity contribution is 5.92. The SMILES string of the molecule is COc1ccc(CCNC(=O)c2ccc(NCCCc3ccccc3)cn2)cc1. The number of amides is 1. The molecule has 3 aromatic rings. The zero-order valence-electron chi connectivity index (χ0n) is 16.7. The van der Waals surface area contributed by atoms with Crippen molar-refractivity contribution in [1.29, 1.82) is 0 Å². The molecule has 0 bridgehead atoms. The Hall–Kier alpha value is -3.34. The molecule has 150 valence electrons. The number of nitrogens with one attached hydrogen (secondary N) is 2. The average Bonchev–Trinajstić information content (AvgIpc) is 2.78. The molecular formula is C24H27N3O2. The van der Waals surface area contributed by atoms with Gasteiger partial charge in [0.1, 0.15) is 11.4 Å². The third-order valence-electron chi connectivity index (χ3n) is 4.67. The third kappa shape index (κ3) is 6.64. The first kappa shape index (κ1) is 20.4. The van der Waals surface area contributed by atoms with Crippen molar-refractivity contribution in [3.8, 4) is 5.75 Å². The first-order chi connectivity index (χ1) is 14.2. The molecule has 5 nitrogen and oxygen atoms in total. The molecule has 0 saturated carbocycles. The van der Waals surface area contributed by atoms with Crippen LogP contribution in [0.1, 0.15) is 28.0 Å². The van der Waals surface area contributed by atoms with Gasteiger partial charge >= 0.3 is 0 Å². The summed E-state index contributed by atoms with van der Waals surface area (Å²) >= 11 is 0. The van der Waals surface area contributed by atoms with E-state index in [9.17, 15) is 4.79 Å². The van der Waals surface area contributed by atoms with Crippen molar-refractivity contribution < 1.29 is 9.53 Å². The van der Waals surface area contributed by atoms with Gasteiger partial charge in [0.05, 0.1) is 19.0 Å². The van der Waals surface area contributed by atoms with Crippen LogP contribution in [0.2, 0.25) is 0 Å². The van der Waals surface area contributed by atoms with Crippen molar-refractivity contribution in [2.75, 3.05) is 25.5 Å². The lowest BCUT2D eigenvalue weighted by Crippen LogP contribution is -2.26. The Morgan fingerprint density at radius 1 is 0.897 bits per heavy atom. The number of methoxy groups -OCH3 is 1. The van der Waals surface area contributed by atoms with Crippen molar-refractivity contribution in [3.05, 3.63) is 89.7 Å². The Labute approximate surface area is 172 Å². The van der Waals surface area contributed by atoms with Gasteiger partial charge in [-0.15, -0.1) is 0 Å². The minimum atomic E-state index is -0.158. The average molecular weight is 389 g/mol. The molecule has 0 unspecified atom stereocenters. The minimum Gasteiger partial charge on any atom is -0.497 e. The van der Waals surface area contributed by atoms with Gasteiger partial charge in [-0.3, -0.25) is 4.79 Å². The molecule has 1 aromatic heterocycles. The molecule has 3 rings (SSSR count). The standard InChI is InChI=1S/C24H27N3O2/c1-29-22-12-9-20(10-13-22)15-17-26-24(28)23-14-11-21(18-27-23)25-16-5-8-19-6-3-2-4-7-19/h2-4,6-7,9-14,18,25H,5,8,15-17H2,1H3,(H,26,28). The molecule has 0 aliphatic carbocycles. The Bertz CT molecular complexity index is 878. The van der Waals surface area contributed by atoms with E-state index in [0.29, 0.717) is 12.2 Å². The number of pyridine rings is 1. The van der Waals surface area contributed by atoms with E-state index in [2.05, 4.69) is 39.9 Å². The minimum absolute atomic E-state index is 0.158. The predicted molar refractivity (Wildman–Crippen MR) is 117 cm³/mol. The quantitative estimate of drug-likeness (QED) is 0.512. The summed E-state index contributed by atoms with van der Waals surface area (Å²) < 4.78 is 5.15. The number of hydrogen-bond acceptors (Lipinski definition) is 4. The lowest BCUT2D eigenvalue weighted by atomic mass is 10.1. The van der Waals surface area contributed by atoms with Gasteiger partial charge in [-0.05, 0) is 54.7 Å². The van der Waals surface area contributed by atoms with Crippen molar-refractivity contribution in [3.63, 3.8) is 0 Å². The smallest absolute Gasteiger partial charge is 0.269 e. The van der Waals surface area contributed by atoms with Crippen LogP contribution in [-0.4, -0.2) is 31.1 Å². The first-order valence-electron chi connectivity index (χ1n) is 9.89. The van der Waals surface area contributed by atoms with E-state index in [-0.39, 0.29) is 5.91 Å². The van der Waals surface area contributed by atoms with Gasteiger partial charge < -0.3 is 15.4 Å². The third-order valence-corrected chi connectivity index (χ3v) is 4.67. The van der Waals surface area contributed by atoms with Gasteiger partial charge in [0.2, 0.25) is 0 Å². The summed E-state index contributed by atoms with van der Waals surface area (Å²) in [6, 6.07) is 21.9. The molecule has 0 aliphatic heterocycles. The van der Waals surface area contributed by atoms with Crippen molar-refractivity contribution in [1.82, 2.24) is 10.3 Å². The highest BCUT2D eigenvalue weighted by Gasteiger charge is 2.06. The second kappa shape index (κ2) is 10.9. The topological polar surface area (TPSA) is 63.2 Å². The van der Waals surface area contributed by atoms with Gasteiger partial charge in [0.15, 0.2) is 0 Å². The molecule has 2 N–H and O–H groups in total. The molecule has 29 heavy (non-hydrogen) atoms. The molecular weight excluding hydrogens is 362 g/mol. The summed E-state index contributed by atoms with van der Waals surface area (Å²) in [4.78, 5) is 16.5. The molecule has 0 atom stereocenters. The van der Waals surface area contributed by atoms with E-state index in [4.69, 9.17) is 4.74 Å². The molecule has 2 aromatic carbocycles. The number of hydrogen-bond donors (Lipinski definition) is 2. The summed E-state index contributed by atoms with van der Waals surface area (Å²) in [5.74, 6) is 0.671. The fourth-order valence-corrected chi connectivity index (χ4v) is 3.01. The predicted octanol–water partition coefficient (Wildman–Crippen LogP) is 4.11. The maximum absolute atomic E-state index is 12.2. The van der Waals surface area contributed by atoms with Crippen LogP contribution < -0.4 is 15.4 Å². The summed E-state index contributed by atoms with van der Waals surface area (Å²) in [6.45, 7) is 1.43. The molecule has 0 radical (unpaired) electrons. The lowest BCUT2D eigenvalue weighted by molar-refractivity contribution is 0.0949. The zero-order chi connectivity index (χ0) is 20.3. The van der Waals surface area contributed by atoms with Gasteiger partial charge in [-0.1, -0.05) is 42.5 Å². The largest absolute Gasteiger partial charge is 0.497 e. The van der Waals surface area contributed by atoms with Crippen molar-refractivity contribution in [2.24, 2.45) is 0 Å². The number of anilines is 1. The number of aryl methyl sites for hydroxylation is 1. The molecule has 0 aliphatic rings. The van der Waals surface area contributed by atoms with E-state index < -0.39 is 0 Å². The molecule has 5 heteroatoms. The highest BCUT2D eigenvalue weighted by atomic mass is 16.5. The van der Waals surface area contributed by atoms with E-state index in [1.54, 1.807) is 19.4 Å². The van der Waals surface area contributed by atoms with Crippen LogP contribution in [0.15, 0.2) is 72.9 Å². The molecule has 1 amide bonds. The molecule has 1 heterocycles. The normalized spacial score (nSPS) is 10.4. The van der Waals surface area contributed by atoms with Gasteiger partial charge in [-0.2, -0.15) is 0 Å². The number of rotatable bonds is 10. The monoisotopic (exact) mass is 389 g/mol. The van der Waals surface area contributed by atoms with Gasteiger partial charge in [0.25, 0.3) is 5.91 Å². The summed E-state index contributed by atoms with van der Waals surface area (Å²) in [5.41, 5.74) is 3.84. The van der Waals surface area contributed by atoms with Crippen LogP contribution in [0, 0.1) is 0 Å². The second-order valence-corrected chi connectivity index (χ2v) is 6.80. The first-order valence-corrected chi connectivity index (χ1v) is 9.89. The Kier molecular flexibility index (Phi) is 7.63. The lowest BCUT2D eigenvalue weighted by Gasteiger charge is -2.08. The van der Waals surface area contributed by atoms with Crippen LogP contribution >= 0.6 is 0 Å². The van der Waals surface area contributed by atoms with E-state index >= 15 is 0 Å². The zero-order valence-corrected chi connectivity index (χ0v) is 16.7. The highest BCUT2D eigenvalue weighted by Crippen LogP contribution is 2.11. The maximum atomic E-state index is 12.2. The van der Waals surface area contributed by atoms with E-state index in [1.807, 2.05) is 36.4 Å². The van der Waals surface area contributed by atoms with Crippen molar-refractivity contribution >= 4 is 11.6 Å². The number of aromatic nitrogens is 1. The van der Waals surface area contributed by atoms with Gasteiger partial charge in [0, 0.05) is 13.1 Å². The maximum Gasteiger partial charge on any atom is 0.269 e. The Balaban J connectivity index is 1.37. The number of benzene rings is 2. The second-order valence-electron chi connectivity index (χ2n) is 6.80. The van der Waals surface area contributed by atoms with Crippen molar-refractivity contribution in [2.45, 2.75) is 19.3 Å². The van der Waals surface area contributed by atoms with Crippen LogP contribution in [0.5, 0.6) is 5.75 Å². The summed E-state index contributed by atoms with van der Waals surface area (Å²) in [6.07, 6.45) is 4.55. The van der Waals surface area contributed by atoms with Crippen LogP contribution in [-0.2, 0) is 12.8 Å². The van der Waals surface area contributed by atoms with E-state index in [1.165, 1.54) is 5.56 Å². The van der Waals surface area contributed by atoms with Gasteiger partial charge in [-0.25, -0.2) is 4.98 Å².